The van der Waals surface area contributed by atoms with E-state index in [1.54, 1.807) is 0 Å². The number of hydrogen-bond acceptors (Lipinski definition) is 4. The van der Waals surface area contributed by atoms with Gasteiger partial charge in [-0.25, -0.2) is 0 Å². The third kappa shape index (κ3) is 4.37. The van der Waals surface area contributed by atoms with Gasteiger partial charge in [0.15, 0.2) is 0 Å². The third-order valence-corrected chi connectivity index (χ3v) is 1.85. The van der Waals surface area contributed by atoms with E-state index < -0.39 is 11.9 Å². The Morgan fingerprint density at radius 3 is 2.40 bits per heavy atom. The number of benzene rings is 1. The van der Waals surface area contributed by atoms with Crippen LogP contribution in [-0.4, -0.2) is 18.5 Å². The molecule has 15 heavy (non-hydrogen) atoms. The topological polar surface area (TPSA) is 69.4 Å². The van der Waals surface area contributed by atoms with Crippen LogP contribution < -0.4 is 5.73 Å². The molecule has 0 radical (unpaired) electrons. The van der Waals surface area contributed by atoms with E-state index in [1.165, 1.54) is 0 Å². The first kappa shape index (κ1) is 11.4. The maximum absolute atomic E-state index is 11.1. The number of aryl methyl sites for hydroxylation is 1. The summed E-state index contributed by atoms with van der Waals surface area (Å²) in [4.78, 5) is 21.8. The summed E-state index contributed by atoms with van der Waals surface area (Å²) in [7, 11) is 0. The Bertz CT molecular complexity index is 335. The minimum absolute atomic E-state index is 0.190. The first-order chi connectivity index (χ1) is 7.22. The Labute approximate surface area is 88.0 Å². The number of nitrogens with two attached hydrogens (primary N) is 1. The molecule has 0 aliphatic rings. The third-order valence-electron chi connectivity index (χ3n) is 1.85. The highest BCUT2D eigenvalue weighted by Crippen LogP contribution is 2.03. The number of carbonyl (C=O) groups excluding carboxylic acids is 2. The van der Waals surface area contributed by atoms with E-state index in [1.807, 2.05) is 30.3 Å². The molecular formula is C11H13NO3. The van der Waals surface area contributed by atoms with Crippen molar-refractivity contribution in [1.82, 2.24) is 0 Å². The minimum Gasteiger partial charge on any atom is -0.392 e. The van der Waals surface area contributed by atoms with E-state index in [4.69, 9.17) is 5.73 Å². The van der Waals surface area contributed by atoms with Crippen molar-refractivity contribution in [2.45, 2.75) is 12.8 Å². The van der Waals surface area contributed by atoms with E-state index in [0.717, 1.165) is 5.56 Å². The van der Waals surface area contributed by atoms with Crippen LogP contribution in [-0.2, 0) is 20.7 Å². The van der Waals surface area contributed by atoms with Gasteiger partial charge in [0, 0.05) is 0 Å². The molecule has 0 atom stereocenters. The summed E-state index contributed by atoms with van der Waals surface area (Å²) < 4.78 is 4.42. The monoisotopic (exact) mass is 207 g/mol. The summed E-state index contributed by atoms with van der Waals surface area (Å²) in [5.41, 5.74) is 6.04. The summed E-state index contributed by atoms with van der Waals surface area (Å²) in [6.07, 6.45) is 0.757. The molecule has 0 bridgehead atoms. The van der Waals surface area contributed by atoms with Gasteiger partial charge in [0.05, 0.1) is 13.0 Å². The standard InChI is InChI=1S/C11H13NO3/c12-8-11(14)15-10(13)7-6-9-4-2-1-3-5-9/h1-5H,6-8,12H2. The van der Waals surface area contributed by atoms with E-state index in [-0.39, 0.29) is 13.0 Å². The highest BCUT2D eigenvalue weighted by Gasteiger charge is 2.08. The molecule has 0 aliphatic heterocycles. The molecule has 0 unspecified atom stereocenters. The molecule has 1 rings (SSSR count). The van der Waals surface area contributed by atoms with Crippen LogP contribution in [0.5, 0.6) is 0 Å². The zero-order valence-electron chi connectivity index (χ0n) is 8.31. The van der Waals surface area contributed by atoms with Gasteiger partial charge in [0.1, 0.15) is 0 Å². The fraction of sp³-hybridized carbons (Fsp3) is 0.273. The SMILES string of the molecule is NCC(=O)OC(=O)CCc1ccccc1. The van der Waals surface area contributed by atoms with Crippen LogP contribution in [0.2, 0.25) is 0 Å². The minimum atomic E-state index is -0.687. The van der Waals surface area contributed by atoms with Gasteiger partial charge in [-0.3, -0.25) is 9.59 Å². The van der Waals surface area contributed by atoms with Gasteiger partial charge >= 0.3 is 11.9 Å². The summed E-state index contributed by atoms with van der Waals surface area (Å²) in [5.74, 6) is -1.22. The van der Waals surface area contributed by atoms with Crippen molar-refractivity contribution in [2.75, 3.05) is 6.54 Å². The molecule has 0 fully saturated rings. The quantitative estimate of drug-likeness (QED) is 0.581. The maximum Gasteiger partial charge on any atom is 0.327 e. The van der Waals surface area contributed by atoms with Crippen LogP contribution in [0.25, 0.3) is 0 Å². The van der Waals surface area contributed by atoms with Crippen molar-refractivity contribution in [3.8, 4) is 0 Å². The molecule has 0 amide bonds. The largest absolute Gasteiger partial charge is 0.392 e. The van der Waals surface area contributed by atoms with Crippen LogP contribution >= 0.6 is 0 Å². The molecule has 0 spiro atoms. The van der Waals surface area contributed by atoms with Gasteiger partial charge in [-0.15, -0.1) is 0 Å². The molecular weight excluding hydrogens is 194 g/mol. The average molecular weight is 207 g/mol. The van der Waals surface area contributed by atoms with Crippen molar-refractivity contribution in [3.63, 3.8) is 0 Å². The molecule has 4 heteroatoms. The number of esters is 2. The number of hydrogen-bond donors (Lipinski definition) is 1. The Morgan fingerprint density at radius 1 is 1.13 bits per heavy atom. The molecule has 0 aliphatic carbocycles. The average Bonchev–Trinajstić information content (AvgIpc) is 2.27. The highest BCUT2D eigenvalue weighted by atomic mass is 16.6. The molecule has 1 aromatic rings. The zero-order valence-corrected chi connectivity index (χ0v) is 8.31. The van der Waals surface area contributed by atoms with Crippen LogP contribution in [0.15, 0.2) is 30.3 Å². The van der Waals surface area contributed by atoms with Crippen LogP contribution in [0, 0.1) is 0 Å². The molecule has 80 valence electrons. The molecule has 0 heterocycles. The van der Waals surface area contributed by atoms with Gasteiger partial charge in [-0.2, -0.15) is 0 Å². The lowest BCUT2D eigenvalue weighted by atomic mass is 10.1. The van der Waals surface area contributed by atoms with Crippen molar-refractivity contribution < 1.29 is 14.3 Å². The van der Waals surface area contributed by atoms with Crippen LogP contribution in [0.3, 0.4) is 0 Å². The first-order valence-corrected chi connectivity index (χ1v) is 4.70. The van der Waals surface area contributed by atoms with Crippen molar-refractivity contribution >= 4 is 11.9 Å². The van der Waals surface area contributed by atoms with Crippen LogP contribution in [0.4, 0.5) is 0 Å². The lowest BCUT2D eigenvalue weighted by molar-refractivity contribution is -0.158. The Hall–Kier alpha value is -1.68. The summed E-state index contributed by atoms with van der Waals surface area (Å²) >= 11 is 0. The second-order valence-corrected chi connectivity index (χ2v) is 3.04. The van der Waals surface area contributed by atoms with E-state index in [2.05, 4.69) is 4.74 Å². The van der Waals surface area contributed by atoms with E-state index in [9.17, 15) is 9.59 Å². The highest BCUT2D eigenvalue weighted by molar-refractivity contribution is 5.86. The number of ether oxygens (including phenoxy) is 1. The molecule has 4 nitrogen and oxygen atoms in total. The normalized spacial score (nSPS) is 9.67. The first-order valence-electron chi connectivity index (χ1n) is 4.70. The van der Waals surface area contributed by atoms with Gasteiger partial charge in [-0.1, -0.05) is 30.3 Å². The predicted octanol–water partition coefficient (Wildman–Crippen LogP) is 0.648. The Morgan fingerprint density at radius 2 is 1.80 bits per heavy atom. The van der Waals surface area contributed by atoms with Crippen molar-refractivity contribution in [1.29, 1.82) is 0 Å². The summed E-state index contributed by atoms with van der Waals surface area (Å²) in [6, 6.07) is 9.52. The maximum atomic E-state index is 11.1. The Kier molecular flexibility index (Phi) is 4.50. The fourth-order valence-electron chi connectivity index (χ4n) is 1.11. The molecule has 0 saturated carbocycles. The second-order valence-electron chi connectivity index (χ2n) is 3.04. The fourth-order valence-corrected chi connectivity index (χ4v) is 1.11. The predicted molar refractivity (Wildman–Crippen MR) is 54.9 cm³/mol. The molecule has 1 aromatic carbocycles. The van der Waals surface area contributed by atoms with Crippen molar-refractivity contribution in [3.05, 3.63) is 35.9 Å². The Balaban J connectivity index is 2.32. The summed E-state index contributed by atoms with van der Waals surface area (Å²) in [6.45, 7) is -0.267. The van der Waals surface area contributed by atoms with Gasteiger partial charge in [0.2, 0.25) is 0 Å². The zero-order chi connectivity index (χ0) is 11.1. The van der Waals surface area contributed by atoms with Gasteiger partial charge in [0.25, 0.3) is 0 Å². The van der Waals surface area contributed by atoms with E-state index >= 15 is 0 Å². The second kappa shape index (κ2) is 5.93. The van der Waals surface area contributed by atoms with E-state index in [0.29, 0.717) is 6.42 Å². The lowest BCUT2D eigenvalue weighted by Crippen LogP contribution is -2.20. The molecule has 0 saturated heterocycles. The molecule has 0 aromatic heterocycles. The lowest BCUT2D eigenvalue weighted by Gasteiger charge is -2.01. The summed E-state index contributed by atoms with van der Waals surface area (Å²) in [5, 5.41) is 0. The van der Waals surface area contributed by atoms with Gasteiger partial charge in [-0.05, 0) is 12.0 Å². The smallest absolute Gasteiger partial charge is 0.327 e. The van der Waals surface area contributed by atoms with Crippen molar-refractivity contribution in [2.24, 2.45) is 5.73 Å². The number of rotatable bonds is 4. The van der Waals surface area contributed by atoms with Gasteiger partial charge < -0.3 is 10.5 Å². The number of carbonyl (C=O) groups is 2. The molecule has 2 N–H and O–H groups in total. The van der Waals surface area contributed by atoms with Crippen LogP contribution in [0.1, 0.15) is 12.0 Å².